The average molecular weight is 188 g/mol. The molecular formula is C9H16O4. The number of terminal acetylenes is 1. The zero-order chi connectivity index (χ0) is 10.5. The van der Waals surface area contributed by atoms with E-state index in [1.807, 2.05) is 13.8 Å². The van der Waals surface area contributed by atoms with Crippen LogP contribution in [0.25, 0.3) is 0 Å². The minimum Gasteiger partial charge on any atom is -0.384 e. The molecule has 13 heavy (non-hydrogen) atoms. The van der Waals surface area contributed by atoms with Gasteiger partial charge in [-0.15, -0.1) is 6.42 Å². The molecule has 0 saturated heterocycles. The molecule has 0 rings (SSSR count). The van der Waals surface area contributed by atoms with Crippen molar-refractivity contribution >= 4 is 0 Å². The lowest BCUT2D eigenvalue weighted by atomic mass is 10.1. The van der Waals surface area contributed by atoms with E-state index < -0.39 is 11.9 Å². The third-order valence-corrected chi connectivity index (χ3v) is 1.79. The van der Waals surface area contributed by atoms with E-state index in [4.69, 9.17) is 26.5 Å². The predicted molar refractivity (Wildman–Crippen MR) is 47.7 cm³/mol. The molecule has 4 heteroatoms. The first-order chi connectivity index (χ1) is 5.94. The molecule has 0 aliphatic rings. The molecule has 0 bridgehead atoms. The first-order valence-corrected chi connectivity index (χ1v) is 4.16. The van der Waals surface area contributed by atoms with Crippen LogP contribution < -0.4 is 0 Å². The molecule has 4 nitrogen and oxygen atoms in total. The minimum absolute atomic E-state index is 0.0387. The summed E-state index contributed by atoms with van der Waals surface area (Å²) in [7, 11) is 0. The Labute approximate surface area is 78.2 Å². The van der Waals surface area contributed by atoms with E-state index in [-0.39, 0.29) is 12.7 Å². The summed E-state index contributed by atoms with van der Waals surface area (Å²) in [5.74, 6) is -0.843. The van der Waals surface area contributed by atoms with E-state index in [0.717, 1.165) is 6.42 Å². The van der Waals surface area contributed by atoms with E-state index in [9.17, 15) is 0 Å². The van der Waals surface area contributed by atoms with Gasteiger partial charge in [-0.1, -0.05) is 6.92 Å². The second kappa shape index (κ2) is 5.20. The number of ether oxygens (including phenoxy) is 1. The largest absolute Gasteiger partial charge is 0.384 e. The normalized spacial score (nSPS) is 16.3. The van der Waals surface area contributed by atoms with Crippen LogP contribution in [0, 0.1) is 12.3 Å². The Bertz CT molecular complexity index is 183. The number of aliphatic hydroxyl groups is 3. The van der Waals surface area contributed by atoms with E-state index in [2.05, 4.69) is 0 Å². The van der Waals surface area contributed by atoms with Crippen LogP contribution >= 0.6 is 0 Å². The molecule has 0 radical (unpaired) electrons. The molecule has 0 amide bonds. The van der Waals surface area contributed by atoms with Gasteiger partial charge in [0.15, 0.2) is 0 Å². The lowest BCUT2D eigenvalue weighted by Gasteiger charge is -2.22. The standard InChI is InChI=1S/C9H16O4/c1-4-7(3)13-6-8(10)9(11,12)5-2/h2,7-8,10-12H,4,6H2,1,3H3. The van der Waals surface area contributed by atoms with Crippen LogP contribution in [0.5, 0.6) is 0 Å². The van der Waals surface area contributed by atoms with Crippen molar-refractivity contribution in [3.63, 3.8) is 0 Å². The van der Waals surface area contributed by atoms with E-state index in [0.29, 0.717) is 0 Å². The van der Waals surface area contributed by atoms with Crippen LogP contribution in [-0.2, 0) is 4.74 Å². The zero-order valence-electron chi connectivity index (χ0n) is 7.90. The van der Waals surface area contributed by atoms with Gasteiger partial charge < -0.3 is 20.1 Å². The second-order valence-electron chi connectivity index (χ2n) is 2.94. The van der Waals surface area contributed by atoms with Crippen LogP contribution in [0.1, 0.15) is 20.3 Å². The van der Waals surface area contributed by atoms with E-state index in [1.54, 1.807) is 5.92 Å². The highest BCUT2D eigenvalue weighted by molar-refractivity contribution is 5.03. The zero-order valence-corrected chi connectivity index (χ0v) is 7.90. The number of aliphatic hydroxyl groups excluding tert-OH is 1. The second-order valence-corrected chi connectivity index (χ2v) is 2.94. The summed E-state index contributed by atoms with van der Waals surface area (Å²) in [5, 5.41) is 27.1. The van der Waals surface area contributed by atoms with Gasteiger partial charge in [-0.2, -0.15) is 0 Å². The summed E-state index contributed by atoms with van der Waals surface area (Å²) >= 11 is 0. The molecule has 0 aromatic carbocycles. The summed E-state index contributed by atoms with van der Waals surface area (Å²) in [6.07, 6.45) is 4.05. The van der Waals surface area contributed by atoms with Crippen LogP contribution in [0.2, 0.25) is 0 Å². The first kappa shape index (κ1) is 12.4. The van der Waals surface area contributed by atoms with Crippen molar-refractivity contribution in [3.05, 3.63) is 0 Å². The Morgan fingerprint density at radius 1 is 1.54 bits per heavy atom. The maximum Gasteiger partial charge on any atom is 0.257 e. The minimum atomic E-state index is -2.51. The smallest absolute Gasteiger partial charge is 0.257 e. The average Bonchev–Trinajstić information content (AvgIpc) is 2.13. The first-order valence-electron chi connectivity index (χ1n) is 4.16. The van der Waals surface area contributed by atoms with Crippen molar-refractivity contribution in [3.8, 4) is 12.3 Å². The van der Waals surface area contributed by atoms with Crippen molar-refractivity contribution in [2.75, 3.05) is 6.61 Å². The summed E-state index contributed by atoms with van der Waals surface area (Å²) in [6, 6.07) is 0. The van der Waals surface area contributed by atoms with Crippen molar-refractivity contribution in [2.45, 2.75) is 38.3 Å². The van der Waals surface area contributed by atoms with Crippen molar-refractivity contribution in [1.29, 1.82) is 0 Å². The monoisotopic (exact) mass is 188 g/mol. The Balaban J connectivity index is 3.89. The van der Waals surface area contributed by atoms with E-state index >= 15 is 0 Å². The van der Waals surface area contributed by atoms with Gasteiger partial charge in [0, 0.05) is 0 Å². The molecule has 0 aliphatic carbocycles. The van der Waals surface area contributed by atoms with Crippen molar-refractivity contribution in [2.24, 2.45) is 0 Å². The maximum atomic E-state index is 9.15. The van der Waals surface area contributed by atoms with Gasteiger partial charge in [0.2, 0.25) is 0 Å². The van der Waals surface area contributed by atoms with Gasteiger partial charge in [0.1, 0.15) is 6.10 Å². The fraction of sp³-hybridized carbons (Fsp3) is 0.778. The fourth-order valence-corrected chi connectivity index (χ4v) is 0.586. The molecule has 2 atom stereocenters. The summed E-state index contributed by atoms with van der Waals surface area (Å²) in [6.45, 7) is 3.55. The third-order valence-electron chi connectivity index (χ3n) is 1.79. The molecule has 0 spiro atoms. The summed E-state index contributed by atoms with van der Waals surface area (Å²) in [4.78, 5) is 0. The molecule has 0 aromatic heterocycles. The van der Waals surface area contributed by atoms with Gasteiger partial charge in [-0.3, -0.25) is 0 Å². The Hall–Kier alpha value is -0.600. The Morgan fingerprint density at radius 3 is 2.46 bits per heavy atom. The van der Waals surface area contributed by atoms with Gasteiger partial charge in [-0.05, 0) is 19.3 Å². The van der Waals surface area contributed by atoms with Crippen LogP contribution in [0.3, 0.4) is 0 Å². The maximum absolute atomic E-state index is 9.15. The third kappa shape index (κ3) is 4.25. The highest BCUT2D eigenvalue weighted by Gasteiger charge is 2.31. The molecule has 0 heterocycles. The molecule has 0 fully saturated rings. The number of rotatable bonds is 5. The van der Waals surface area contributed by atoms with E-state index in [1.165, 1.54) is 0 Å². The lowest BCUT2D eigenvalue weighted by molar-refractivity contribution is -0.199. The molecule has 0 aromatic rings. The molecule has 3 N–H and O–H groups in total. The topological polar surface area (TPSA) is 69.9 Å². The molecule has 2 unspecified atom stereocenters. The van der Waals surface area contributed by atoms with Crippen molar-refractivity contribution < 1.29 is 20.1 Å². The number of hydrogen-bond acceptors (Lipinski definition) is 4. The van der Waals surface area contributed by atoms with Crippen LogP contribution in [0.4, 0.5) is 0 Å². The van der Waals surface area contributed by atoms with Gasteiger partial charge in [-0.25, -0.2) is 0 Å². The van der Waals surface area contributed by atoms with Gasteiger partial charge in [0.05, 0.1) is 12.7 Å². The van der Waals surface area contributed by atoms with Crippen LogP contribution in [0.15, 0.2) is 0 Å². The van der Waals surface area contributed by atoms with Gasteiger partial charge in [0.25, 0.3) is 5.79 Å². The highest BCUT2D eigenvalue weighted by atomic mass is 16.5. The molecular weight excluding hydrogens is 172 g/mol. The van der Waals surface area contributed by atoms with Gasteiger partial charge >= 0.3 is 0 Å². The predicted octanol–water partition coefficient (Wildman–Crippen LogP) is -0.524. The fourth-order valence-electron chi connectivity index (χ4n) is 0.586. The van der Waals surface area contributed by atoms with Crippen LogP contribution in [-0.4, -0.2) is 39.9 Å². The Morgan fingerprint density at radius 2 is 2.08 bits per heavy atom. The molecule has 0 aliphatic heterocycles. The Kier molecular flexibility index (Phi) is 4.96. The molecule has 76 valence electrons. The number of hydrogen-bond donors (Lipinski definition) is 3. The summed E-state index contributed by atoms with van der Waals surface area (Å²) in [5.41, 5.74) is 0. The quantitative estimate of drug-likeness (QED) is 0.401. The lowest BCUT2D eigenvalue weighted by Crippen LogP contribution is -2.44. The van der Waals surface area contributed by atoms with Crippen molar-refractivity contribution in [1.82, 2.24) is 0 Å². The highest BCUT2D eigenvalue weighted by Crippen LogP contribution is 2.07. The SMILES string of the molecule is C#CC(O)(O)C(O)COC(C)CC. The molecule has 0 saturated carbocycles. The summed E-state index contributed by atoms with van der Waals surface area (Å²) < 4.78 is 5.08.